The molecule has 180 valence electrons. The number of nitrogens with two attached hydrogens (primary N) is 1. The molecule has 1 amide bonds. The Labute approximate surface area is 204 Å². The number of carbonyl (C=O) groups is 1. The molecule has 4 aromatic heterocycles. The number of nitrogens with one attached hydrogen (secondary N) is 1. The van der Waals surface area contributed by atoms with Gasteiger partial charge in [-0.1, -0.05) is 12.1 Å². The molecule has 11 heteroatoms. The van der Waals surface area contributed by atoms with E-state index in [2.05, 4.69) is 25.0 Å². The lowest BCUT2D eigenvalue weighted by molar-refractivity contribution is 0.0980. The zero-order valence-corrected chi connectivity index (χ0v) is 19.8. The van der Waals surface area contributed by atoms with E-state index in [0.29, 0.717) is 39.4 Å². The number of aromatic nitrogens is 7. The summed E-state index contributed by atoms with van der Waals surface area (Å²) in [5.41, 5.74) is 11.0. The van der Waals surface area contributed by atoms with Crippen LogP contribution >= 0.6 is 0 Å². The number of para-hydroxylation sites is 2. The first-order valence-corrected chi connectivity index (χ1v) is 11.3. The van der Waals surface area contributed by atoms with E-state index in [0.717, 1.165) is 11.0 Å². The number of hydrogen-bond donors (Lipinski definition) is 2. The van der Waals surface area contributed by atoms with Gasteiger partial charge in [-0.15, -0.1) is 0 Å². The Morgan fingerprint density at radius 3 is 2.69 bits per heavy atom. The second-order valence-electron chi connectivity index (χ2n) is 8.73. The number of halogens is 1. The minimum Gasteiger partial charge on any atom is -0.382 e. The van der Waals surface area contributed by atoms with Gasteiger partial charge in [0.2, 0.25) is 0 Å². The van der Waals surface area contributed by atoms with Gasteiger partial charge in [0.25, 0.3) is 5.91 Å². The lowest BCUT2D eigenvalue weighted by Gasteiger charge is -2.21. The Bertz CT molecular complexity index is 1780. The van der Waals surface area contributed by atoms with Crippen molar-refractivity contribution in [3.63, 3.8) is 0 Å². The molecule has 0 atom stereocenters. The number of anilines is 2. The van der Waals surface area contributed by atoms with Crippen molar-refractivity contribution in [2.75, 3.05) is 10.6 Å². The van der Waals surface area contributed by atoms with Crippen molar-refractivity contribution >= 4 is 45.0 Å². The molecule has 0 bridgehead atoms. The second-order valence-corrected chi connectivity index (χ2v) is 8.73. The second kappa shape index (κ2) is 7.87. The van der Waals surface area contributed by atoms with Crippen LogP contribution in [0, 0.1) is 19.7 Å². The molecule has 6 aromatic rings. The highest BCUT2D eigenvalue weighted by Gasteiger charge is 2.26. The van der Waals surface area contributed by atoms with Gasteiger partial charge in [-0.05, 0) is 32.0 Å². The smallest absolute Gasteiger partial charge is 0.261 e. The van der Waals surface area contributed by atoms with Gasteiger partial charge in [0.05, 0.1) is 51.3 Å². The average Bonchev–Trinajstić information content (AvgIpc) is 3.53. The zero-order chi connectivity index (χ0) is 25.1. The number of aromatic amines is 1. The van der Waals surface area contributed by atoms with E-state index in [9.17, 15) is 4.79 Å². The number of nitrogen functional groups attached to an aromatic ring is 1. The van der Waals surface area contributed by atoms with E-state index in [-0.39, 0.29) is 17.9 Å². The van der Waals surface area contributed by atoms with E-state index in [1.165, 1.54) is 17.0 Å². The van der Waals surface area contributed by atoms with Crippen molar-refractivity contribution in [3.8, 4) is 0 Å². The van der Waals surface area contributed by atoms with Gasteiger partial charge in [0.15, 0.2) is 0 Å². The number of rotatable bonds is 4. The number of hydrogen-bond acceptors (Lipinski definition) is 6. The fourth-order valence-electron chi connectivity index (χ4n) is 4.60. The van der Waals surface area contributed by atoms with E-state index >= 15 is 4.39 Å². The van der Waals surface area contributed by atoms with Crippen molar-refractivity contribution in [3.05, 3.63) is 77.5 Å². The number of H-pyrrole nitrogens is 1. The largest absolute Gasteiger partial charge is 0.382 e. The molecule has 4 heterocycles. The predicted octanol–water partition coefficient (Wildman–Crippen LogP) is 3.68. The SMILES string of the molecule is Cc1nn(C)cc1N(Cc1nc2ccccc2[nH]1)C(=O)c1cc2c(cc1F)nc(N)c1c(C)ncn12. The molecule has 36 heavy (non-hydrogen) atoms. The highest BCUT2D eigenvalue weighted by atomic mass is 19.1. The molecule has 0 saturated carbocycles. The van der Waals surface area contributed by atoms with E-state index in [1.54, 1.807) is 35.6 Å². The minimum atomic E-state index is -0.702. The summed E-state index contributed by atoms with van der Waals surface area (Å²) in [6.07, 6.45) is 3.32. The standard InChI is InChI=1S/C25H22FN9O/c1-13-21(10-33(3)32-13)34(11-22-29-17-6-4-5-7-18(17)30-22)25(36)15-8-20-19(9-16(15)26)31-24(27)23-14(2)28-12-35(20)23/h4-10,12H,11H2,1-3H3,(H2,27,31)(H,29,30). The van der Waals surface area contributed by atoms with Gasteiger partial charge in [0.1, 0.15) is 29.3 Å². The van der Waals surface area contributed by atoms with Crippen LogP contribution in [0.5, 0.6) is 0 Å². The van der Waals surface area contributed by atoms with Crippen LogP contribution < -0.4 is 10.6 Å². The Balaban J connectivity index is 1.50. The molecule has 0 aliphatic rings. The van der Waals surface area contributed by atoms with Gasteiger partial charge in [-0.3, -0.25) is 18.8 Å². The number of benzene rings is 2. The maximum Gasteiger partial charge on any atom is 0.261 e. The van der Waals surface area contributed by atoms with Crippen LogP contribution in [0.1, 0.15) is 27.6 Å². The maximum absolute atomic E-state index is 15.4. The third-order valence-electron chi connectivity index (χ3n) is 6.26. The third-order valence-corrected chi connectivity index (χ3v) is 6.26. The highest BCUT2D eigenvalue weighted by Crippen LogP contribution is 2.28. The van der Waals surface area contributed by atoms with E-state index < -0.39 is 11.7 Å². The van der Waals surface area contributed by atoms with Crippen molar-refractivity contribution in [2.24, 2.45) is 7.05 Å². The fraction of sp³-hybridized carbons (Fsp3) is 0.160. The zero-order valence-electron chi connectivity index (χ0n) is 19.8. The highest BCUT2D eigenvalue weighted by molar-refractivity contribution is 6.08. The van der Waals surface area contributed by atoms with E-state index in [1.807, 2.05) is 31.2 Å². The first-order valence-electron chi connectivity index (χ1n) is 11.3. The number of aryl methyl sites for hydroxylation is 3. The number of fused-ring (bicyclic) bond motifs is 4. The van der Waals surface area contributed by atoms with Crippen molar-refractivity contribution < 1.29 is 9.18 Å². The van der Waals surface area contributed by atoms with Crippen LogP contribution in [-0.2, 0) is 13.6 Å². The van der Waals surface area contributed by atoms with Crippen LogP contribution in [0.15, 0.2) is 48.9 Å². The molecule has 3 N–H and O–H groups in total. The molecule has 0 aliphatic heterocycles. The molecule has 0 spiro atoms. The number of imidazole rings is 2. The van der Waals surface area contributed by atoms with Gasteiger partial charge < -0.3 is 10.7 Å². The summed E-state index contributed by atoms with van der Waals surface area (Å²) in [4.78, 5) is 31.9. The molecular formula is C25H22FN9O. The van der Waals surface area contributed by atoms with Crippen molar-refractivity contribution in [1.29, 1.82) is 0 Å². The predicted molar refractivity (Wildman–Crippen MR) is 134 cm³/mol. The molecule has 10 nitrogen and oxygen atoms in total. The maximum atomic E-state index is 15.4. The summed E-state index contributed by atoms with van der Waals surface area (Å²) in [6.45, 7) is 3.71. The van der Waals surface area contributed by atoms with Gasteiger partial charge in [-0.25, -0.2) is 19.3 Å². The molecule has 0 aliphatic carbocycles. The molecule has 6 rings (SSSR count). The molecule has 0 saturated heterocycles. The third kappa shape index (κ3) is 3.35. The first-order chi connectivity index (χ1) is 17.3. The molecule has 0 radical (unpaired) electrons. The monoisotopic (exact) mass is 483 g/mol. The van der Waals surface area contributed by atoms with Crippen LogP contribution in [0.25, 0.3) is 27.6 Å². The van der Waals surface area contributed by atoms with Crippen LogP contribution in [-0.4, -0.2) is 40.0 Å². The number of nitrogens with zero attached hydrogens (tertiary/aromatic N) is 7. The Hall–Kier alpha value is -4.80. The number of carbonyl (C=O) groups excluding carboxylic acids is 1. The lowest BCUT2D eigenvalue weighted by atomic mass is 10.1. The summed E-state index contributed by atoms with van der Waals surface area (Å²) in [5.74, 6) is -0.427. The van der Waals surface area contributed by atoms with Gasteiger partial charge >= 0.3 is 0 Å². The first kappa shape index (κ1) is 21.7. The van der Waals surface area contributed by atoms with Gasteiger partial charge in [-0.2, -0.15) is 5.10 Å². The Kier molecular flexibility index (Phi) is 4.75. The lowest BCUT2D eigenvalue weighted by Crippen LogP contribution is -2.32. The topological polar surface area (TPSA) is 123 Å². The van der Waals surface area contributed by atoms with Crippen LogP contribution in [0.3, 0.4) is 0 Å². The Morgan fingerprint density at radius 2 is 1.94 bits per heavy atom. The summed E-state index contributed by atoms with van der Waals surface area (Å²) < 4.78 is 18.7. The quantitative estimate of drug-likeness (QED) is 0.394. The van der Waals surface area contributed by atoms with Crippen molar-refractivity contribution in [2.45, 2.75) is 20.4 Å². The fourth-order valence-corrected chi connectivity index (χ4v) is 4.60. The minimum absolute atomic E-state index is 0.0944. The van der Waals surface area contributed by atoms with Gasteiger partial charge in [0, 0.05) is 19.3 Å². The molecule has 0 unspecified atom stereocenters. The summed E-state index contributed by atoms with van der Waals surface area (Å²) in [6, 6.07) is 10.3. The summed E-state index contributed by atoms with van der Waals surface area (Å²) >= 11 is 0. The summed E-state index contributed by atoms with van der Waals surface area (Å²) in [5, 5.41) is 4.38. The normalized spacial score (nSPS) is 11.7. The van der Waals surface area contributed by atoms with Crippen LogP contribution in [0.2, 0.25) is 0 Å². The average molecular weight is 484 g/mol. The Morgan fingerprint density at radius 1 is 1.14 bits per heavy atom. The molecular weight excluding hydrogens is 461 g/mol. The van der Waals surface area contributed by atoms with E-state index in [4.69, 9.17) is 5.73 Å². The van der Waals surface area contributed by atoms with Crippen LogP contribution in [0.4, 0.5) is 15.9 Å². The summed E-state index contributed by atoms with van der Waals surface area (Å²) in [7, 11) is 1.77. The molecule has 2 aromatic carbocycles. The molecule has 0 fully saturated rings. The van der Waals surface area contributed by atoms with Crippen molar-refractivity contribution in [1.82, 2.24) is 34.1 Å². The number of amides is 1.